The van der Waals surface area contributed by atoms with E-state index < -0.39 is 0 Å². The lowest BCUT2D eigenvalue weighted by Gasteiger charge is -2.11. The molecular weight excluding hydrogens is 601 g/mol. The molecule has 10 fully saturated rings. The Morgan fingerprint density at radius 2 is 0.320 bits per heavy atom. The molecule has 0 saturated heterocycles. The van der Waals surface area contributed by atoms with Crippen LogP contribution in [-0.4, -0.2) is 0 Å². The van der Waals surface area contributed by atoms with Crippen molar-refractivity contribution in [3.05, 3.63) is 0 Å². The van der Waals surface area contributed by atoms with E-state index in [0.29, 0.717) is 0 Å². The SMILES string of the molecule is C1CCC1.C1CCC1.C1CCC1.C1CCC1.C1CCC1.C1CCC1.C1CCC1.C1CCC1.C1CCC1.CC.CC(C)C.CC(C)C1CCCC1. The van der Waals surface area contributed by atoms with Gasteiger partial charge in [0.1, 0.15) is 0 Å². The van der Waals surface area contributed by atoms with Crippen molar-refractivity contribution in [2.24, 2.45) is 17.8 Å². The van der Waals surface area contributed by atoms with Gasteiger partial charge in [-0.25, -0.2) is 0 Å². The van der Waals surface area contributed by atoms with Gasteiger partial charge in [-0.3, -0.25) is 0 Å². The maximum atomic E-state index is 2.34. The summed E-state index contributed by atoms with van der Waals surface area (Å²) in [5.41, 5.74) is 0. The lowest BCUT2D eigenvalue weighted by molar-refractivity contribution is 0.396. The average Bonchev–Trinajstić information content (AvgIpc) is 3.25. The normalized spacial score (nSPS) is 21.8. The zero-order valence-electron chi connectivity index (χ0n) is 37.0. The predicted octanol–water partition coefficient (Wildman–Crippen LogP) is 19.6. The average molecular weight is 705 g/mol. The molecule has 0 nitrogen and oxygen atoms in total. The first-order chi connectivity index (χ1) is 24.5. The monoisotopic (exact) mass is 705 g/mol. The Labute approximate surface area is 322 Å². The summed E-state index contributed by atoms with van der Waals surface area (Å²) < 4.78 is 0. The third-order valence-corrected chi connectivity index (χ3v) is 11.3. The lowest BCUT2D eigenvalue weighted by atomic mass is 9.95. The second-order valence-corrected chi connectivity index (χ2v) is 17.7. The van der Waals surface area contributed by atoms with Crippen LogP contribution in [-0.2, 0) is 0 Å². The summed E-state index contributed by atoms with van der Waals surface area (Å²) in [6.07, 6.45) is 60.0. The Kier molecular flexibility index (Phi) is 49.0. The molecule has 50 heavy (non-hydrogen) atoms. The zero-order chi connectivity index (χ0) is 37.0. The minimum Gasteiger partial charge on any atom is -0.0683 e. The smallest absolute Gasteiger partial charge is 0.0391 e. The Bertz CT molecular complexity index is 351. The van der Waals surface area contributed by atoms with Crippen molar-refractivity contribution in [3.8, 4) is 0 Å². The molecule has 0 heteroatoms. The van der Waals surface area contributed by atoms with Crippen molar-refractivity contribution >= 4 is 0 Å². The lowest BCUT2D eigenvalue weighted by Crippen LogP contribution is -2.01. The van der Waals surface area contributed by atoms with Crippen LogP contribution in [0.15, 0.2) is 0 Å². The molecule has 0 aromatic carbocycles. The fourth-order valence-electron chi connectivity index (χ4n) is 3.87. The molecule has 0 amide bonds. The van der Waals surface area contributed by atoms with E-state index in [0.717, 1.165) is 17.8 Å². The summed E-state index contributed by atoms with van der Waals surface area (Å²) in [6, 6.07) is 0. The molecule has 10 saturated carbocycles. The minimum atomic E-state index is 0.833. The van der Waals surface area contributed by atoms with Crippen molar-refractivity contribution in [3.63, 3.8) is 0 Å². The largest absolute Gasteiger partial charge is 0.0683 e. The van der Waals surface area contributed by atoms with Gasteiger partial charge in [0.25, 0.3) is 0 Å². The van der Waals surface area contributed by atoms with Gasteiger partial charge in [0, 0.05) is 0 Å². The standard InChI is InChI=1S/C8H16.9C4H8.C4H10.C2H6/c1-7(2)8-5-3-4-6-8;9*1-2-4-3-1;1-4(2)3;1-2/h7-8H,3-6H2,1-2H3;9*1-4H2;4H,1-3H3;1-2H3. The van der Waals surface area contributed by atoms with Gasteiger partial charge in [-0.05, 0) is 17.8 Å². The van der Waals surface area contributed by atoms with Gasteiger partial charge in [0.2, 0.25) is 0 Å². The highest BCUT2D eigenvalue weighted by molar-refractivity contribution is 4.69. The number of hydrogen-bond acceptors (Lipinski definition) is 0. The van der Waals surface area contributed by atoms with Crippen LogP contribution in [0, 0.1) is 17.8 Å². The summed E-state index contributed by atoms with van der Waals surface area (Å²) in [4.78, 5) is 0. The summed E-state index contributed by atoms with van der Waals surface area (Å²) in [5, 5.41) is 0. The third kappa shape index (κ3) is 48.0. The van der Waals surface area contributed by atoms with E-state index in [1.165, 1.54) is 257 Å². The van der Waals surface area contributed by atoms with E-state index in [1.54, 1.807) is 0 Å². The molecule has 0 atom stereocenters. The molecule has 0 bridgehead atoms. The van der Waals surface area contributed by atoms with Crippen LogP contribution in [0.1, 0.15) is 305 Å². The van der Waals surface area contributed by atoms with Gasteiger partial charge < -0.3 is 0 Å². The Morgan fingerprint density at radius 3 is 0.360 bits per heavy atom. The van der Waals surface area contributed by atoms with Gasteiger partial charge >= 0.3 is 0 Å². The molecule has 0 unspecified atom stereocenters. The van der Waals surface area contributed by atoms with Crippen molar-refractivity contribution in [1.29, 1.82) is 0 Å². The molecule has 0 spiro atoms. The van der Waals surface area contributed by atoms with Crippen LogP contribution >= 0.6 is 0 Å². The molecule has 0 aromatic rings. The molecule has 10 aliphatic rings. The first-order valence-corrected chi connectivity index (χ1v) is 24.5. The van der Waals surface area contributed by atoms with Crippen molar-refractivity contribution in [1.82, 2.24) is 0 Å². The molecule has 0 aromatic heterocycles. The van der Waals surface area contributed by atoms with E-state index >= 15 is 0 Å². The summed E-state index contributed by atoms with van der Waals surface area (Å²) in [7, 11) is 0. The predicted molar refractivity (Wildman–Crippen MR) is 235 cm³/mol. The fourth-order valence-corrected chi connectivity index (χ4v) is 3.87. The fraction of sp³-hybridized carbons (Fsp3) is 1.00. The third-order valence-electron chi connectivity index (χ3n) is 11.3. The van der Waals surface area contributed by atoms with Crippen LogP contribution in [0.25, 0.3) is 0 Å². The maximum absolute atomic E-state index is 2.34. The van der Waals surface area contributed by atoms with E-state index in [4.69, 9.17) is 0 Å². The second kappa shape index (κ2) is 47.0. The Balaban J connectivity index is 0. The van der Waals surface area contributed by atoms with Gasteiger partial charge in [0.05, 0.1) is 0 Å². The minimum absolute atomic E-state index is 0.833. The maximum Gasteiger partial charge on any atom is -0.0391 e. The van der Waals surface area contributed by atoms with E-state index in [1.807, 2.05) is 13.8 Å². The molecule has 10 aliphatic carbocycles. The van der Waals surface area contributed by atoms with Crippen LogP contribution in [0.4, 0.5) is 0 Å². The summed E-state index contributed by atoms with van der Waals surface area (Å²) in [5.74, 6) is 2.84. The van der Waals surface area contributed by atoms with Crippen LogP contribution in [0.3, 0.4) is 0 Å². The van der Waals surface area contributed by atoms with E-state index in [9.17, 15) is 0 Å². The van der Waals surface area contributed by atoms with Crippen LogP contribution < -0.4 is 0 Å². The molecule has 0 N–H and O–H groups in total. The van der Waals surface area contributed by atoms with Crippen molar-refractivity contribution in [2.75, 3.05) is 0 Å². The second-order valence-electron chi connectivity index (χ2n) is 17.7. The Morgan fingerprint density at radius 1 is 0.220 bits per heavy atom. The molecule has 0 radical (unpaired) electrons. The Hall–Kier alpha value is 0. The van der Waals surface area contributed by atoms with Gasteiger partial charge in [0.15, 0.2) is 0 Å². The molecule has 0 heterocycles. The highest BCUT2D eigenvalue weighted by atomic mass is 14.2. The van der Waals surface area contributed by atoms with Crippen LogP contribution in [0.5, 0.6) is 0 Å². The highest BCUT2D eigenvalue weighted by Crippen LogP contribution is 2.30. The van der Waals surface area contributed by atoms with Gasteiger partial charge in [-0.2, -0.15) is 0 Å². The van der Waals surface area contributed by atoms with Gasteiger partial charge in [-0.1, -0.05) is 305 Å². The summed E-state index contributed by atoms with van der Waals surface area (Å²) in [6.45, 7) is 15.2. The number of hydrogen-bond donors (Lipinski definition) is 0. The summed E-state index contributed by atoms with van der Waals surface area (Å²) >= 11 is 0. The van der Waals surface area contributed by atoms with Crippen molar-refractivity contribution < 1.29 is 0 Å². The molecular formula is C50H104. The molecule has 304 valence electrons. The zero-order valence-corrected chi connectivity index (χ0v) is 37.0. The van der Waals surface area contributed by atoms with E-state index in [-0.39, 0.29) is 0 Å². The molecule has 10 rings (SSSR count). The quantitative estimate of drug-likeness (QED) is 0.255. The topological polar surface area (TPSA) is 0 Å². The molecule has 0 aliphatic heterocycles. The number of rotatable bonds is 1. The first kappa shape index (κ1) is 52.1. The van der Waals surface area contributed by atoms with Crippen LogP contribution in [0.2, 0.25) is 0 Å². The van der Waals surface area contributed by atoms with E-state index in [2.05, 4.69) is 34.6 Å². The van der Waals surface area contributed by atoms with Gasteiger partial charge in [-0.15, -0.1) is 0 Å². The first-order valence-electron chi connectivity index (χ1n) is 24.5. The van der Waals surface area contributed by atoms with Crippen molar-refractivity contribution in [2.45, 2.75) is 305 Å². The highest BCUT2D eigenvalue weighted by Gasteiger charge is 2.17.